The number of hydrogen-bond acceptors (Lipinski definition) is 5. The number of aryl methyl sites for hydroxylation is 4. The summed E-state index contributed by atoms with van der Waals surface area (Å²) in [6.45, 7) is 10.6. The molecule has 1 amide bonds. The minimum Gasteiger partial charge on any atom is -0.464 e. The number of halogens is 1. The van der Waals surface area contributed by atoms with Gasteiger partial charge in [-0.3, -0.25) is 9.52 Å². The second kappa shape index (κ2) is 11.4. The van der Waals surface area contributed by atoms with Gasteiger partial charge in [-0.05, 0) is 99.2 Å². The maximum absolute atomic E-state index is 13.1. The Morgan fingerprint density at radius 2 is 1.57 bits per heavy atom. The second-order valence-electron chi connectivity index (χ2n) is 8.99. The molecule has 1 atom stereocenters. The average Bonchev–Trinajstić information content (AvgIpc) is 2.80. The van der Waals surface area contributed by atoms with Crippen LogP contribution < -0.4 is 10.0 Å². The number of rotatable bonds is 8. The Bertz CT molecular complexity index is 1440. The highest BCUT2D eigenvalue weighted by molar-refractivity contribution is 7.92. The zero-order valence-electron chi connectivity index (χ0n) is 21.7. The maximum Gasteiger partial charge on any atom is 0.328 e. The molecule has 0 unspecified atom stereocenters. The number of sulfonamides is 1. The molecule has 3 aromatic rings. The summed E-state index contributed by atoms with van der Waals surface area (Å²) in [5.41, 5.74) is 5.16. The van der Waals surface area contributed by atoms with Crippen LogP contribution in [0.2, 0.25) is 5.02 Å². The zero-order valence-corrected chi connectivity index (χ0v) is 23.3. The first-order chi connectivity index (χ1) is 17.3. The Morgan fingerprint density at radius 1 is 0.919 bits per heavy atom. The minimum atomic E-state index is -3.84. The molecule has 0 saturated heterocycles. The van der Waals surface area contributed by atoms with Crippen LogP contribution >= 0.6 is 11.6 Å². The molecule has 0 heterocycles. The summed E-state index contributed by atoms with van der Waals surface area (Å²) in [5.74, 6) is -0.858. The molecule has 7 nitrogen and oxygen atoms in total. The molecule has 0 aliphatic carbocycles. The summed E-state index contributed by atoms with van der Waals surface area (Å²) in [4.78, 5) is 24.9. The third-order valence-electron chi connectivity index (χ3n) is 5.94. The van der Waals surface area contributed by atoms with E-state index in [0.29, 0.717) is 27.4 Å². The molecule has 3 rings (SSSR count). The molecule has 2 N–H and O–H groups in total. The van der Waals surface area contributed by atoms with E-state index in [9.17, 15) is 18.0 Å². The highest BCUT2D eigenvalue weighted by atomic mass is 35.5. The molecule has 37 heavy (non-hydrogen) atoms. The quantitative estimate of drug-likeness (QED) is 0.354. The van der Waals surface area contributed by atoms with Gasteiger partial charge in [0.2, 0.25) is 0 Å². The van der Waals surface area contributed by atoms with Crippen molar-refractivity contribution < 1.29 is 22.7 Å². The first-order valence-corrected chi connectivity index (χ1v) is 13.7. The van der Waals surface area contributed by atoms with Crippen LogP contribution in [0.5, 0.6) is 0 Å². The molecule has 0 radical (unpaired) electrons. The van der Waals surface area contributed by atoms with E-state index < -0.39 is 22.0 Å². The number of amides is 1. The van der Waals surface area contributed by atoms with E-state index in [4.69, 9.17) is 16.3 Å². The van der Waals surface area contributed by atoms with Crippen molar-refractivity contribution >= 4 is 39.2 Å². The zero-order chi connectivity index (χ0) is 27.5. The number of ether oxygens (including phenoxy) is 1. The molecular formula is C28H31ClN2O5S. The van der Waals surface area contributed by atoms with Gasteiger partial charge in [-0.15, -0.1) is 0 Å². The monoisotopic (exact) mass is 542 g/mol. The fraction of sp³-hybridized carbons (Fsp3) is 0.286. The topological polar surface area (TPSA) is 102 Å². The van der Waals surface area contributed by atoms with Crippen LogP contribution in [0.4, 0.5) is 5.69 Å². The fourth-order valence-corrected chi connectivity index (χ4v) is 5.68. The Balaban J connectivity index is 1.88. The van der Waals surface area contributed by atoms with E-state index in [1.165, 1.54) is 0 Å². The van der Waals surface area contributed by atoms with Gasteiger partial charge in [-0.1, -0.05) is 35.9 Å². The Kier molecular flexibility index (Phi) is 8.66. The summed E-state index contributed by atoms with van der Waals surface area (Å²) in [7, 11) is -3.84. The van der Waals surface area contributed by atoms with Crippen molar-refractivity contribution in [2.45, 2.75) is 52.5 Å². The summed E-state index contributed by atoms with van der Waals surface area (Å²) < 4.78 is 33.8. The van der Waals surface area contributed by atoms with Gasteiger partial charge >= 0.3 is 5.97 Å². The summed E-state index contributed by atoms with van der Waals surface area (Å²) >= 11 is 6.13. The molecule has 0 bridgehead atoms. The lowest BCUT2D eigenvalue weighted by Crippen LogP contribution is -2.40. The van der Waals surface area contributed by atoms with Crippen LogP contribution in [-0.2, 0) is 19.6 Å². The molecule has 9 heteroatoms. The van der Waals surface area contributed by atoms with Gasteiger partial charge in [0.05, 0.1) is 11.5 Å². The Morgan fingerprint density at radius 3 is 2.19 bits per heavy atom. The van der Waals surface area contributed by atoms with E-state index >= 15 is 0 Å². The lowest BCUT2D eigenvalue weighted by Gasteiger charge is -2.17. The van der Waals surface area contributed by atoms with E-state index in [2.05, 4.69) is 10.0 Å². The van der Waals surface area contributed by atoms with E-state index in [0.717, 1.165) is 22.3 Å². The highest BCUT2D eigenvalue weighted by Gasteiger charge is 2.21. The molecule has 0 aliphatic rings. The SMILES string of the molecule is CCOC(=O)[C@H](C)NC(=O)c1c(C)cc(-c2cccc(NS(=O)(=O)c3cc(C)c(Cl)cc3C)c2)cc1C. The Labute approximate surface area is 223 Å². The van der Waals surface area contributed by atoms with Crippen molar-refractivity contribution in [2.24, 2.45) is 0 Å². The van der Waals surface area contributed by atoms with Crippen LogP contribution in [0.1, 0.15) is 46.5 Å². The maximum atomic E-state index is 13.1. The second-order valence-corrected chi connectivity index (χ2v) is 11.0. The number of esters is 1. The molecular weight excluding hydrogens is 512 g/mol. The molecule has 0 spiro atoms. The van der Waals surface area contributed by atoms with Gasteiger partial charge in [-0.2, -0.15) is 0 Å². The predicted molar refractivity (Wildman–Crippen MR) is 147 cm³/mol. The average molecular weight is 543 g/mol. The summed E-state index contributed by atoms with van der Waals surface area (Å²) in [6, 6.07) is 13.2. The number of anilines is 1. The van der Waals surface area contributed by atoms with Crippen molar-refractivity contribution in [3.8, 4) is 11.1 Å². The third-order valence-corrected chi connectivity index (χ3v) is 7.87. The van der Waals surface area contributed by atoms with Crippen molar-refractivity contribution in [2.75, 3.05) is 11.3 Å². The molecule has 196 valence electrons. The molecule has 0 aromatic heterocycles. The third kappa shape index (κ3) is 6.50. The summed E-state index contributed by atoms with van der Waals surface area (Å²) in [5, 5.41) is 3.20. The first-order valence-electron chi connectivity index (χ1n) is 11.8. The van der Waals surface area contributed by atoms with E-state index in [-0.39, 0.29) is 17.4 Å². The first kappa shape index (κ1) is 28.2. The lowest BCUT2D eigenvalue weighted by atomic mass is 9.95. The number of carbonyl (C=O) groups is 2. The van der Waals surface area contributed by atoms with Gasteiger partial charge in [0.15, 0.2) is 0 Å². The van der Waals surface area contributed by atoms with Crippen LogP contribution in [0.15, 0.2) is 53.4 Å². The molecule has 0 aliphatic heterocycles. The van der Waals surface area contributed by atoms with Crippen LogP contribution in [0.25, 0.3) is 11.1 Å². The molecule has 0 saturated carbocycles. The fourth-order valence-electron chi connectivity index (χ4n) is 4.10. The van der Waals surface area contributed by atoms with E-state index in [1.54, 1.807) is 58.0 Å². The number of carbonyl (C=O) groups excluding carboxylic acids is 2. The predicted octanol–water partition coefficient (Wildman–Crippen LogP) is 5.72. The molecule has 0 fully saturated rings. The van der Waals surface area contributed by atoms with Crippen molar-refractivity contribution in [3.05, 3.63) is 81.4 Å². The van der Waals surface area contributed by atoms with Crippen molar-refractivity contribution in [1.82, 2.24) is 5.32 Å². The van der Waals surface area contributed by atoms with Crippen LogP contribution in [0.3, 0.4) is 0 Å². The Hall–Kier alpha value is -3.36. The smallest absolute Gasteiger partial charge is 0.328 e. The van der Waals surface area contributed by atoms with Gasteiger partial charge in [0, 0.05) is 16.3 Å². The van der Waals surface area contributed by atoms with Crippen LogP contribution in [-0.4, -0.2) is 32.9 Å². The largest absolute Gasteiger partial charge is 0.464 e. The van der Waals surface area contributed by atoms with Gasteiger partial charge in [0.25, 0.3) is 15.9 Å². The normalized spacial score (nSPS) is 12.1. The highest BCUT2D eigenvalue weighted by Crippen LogP contribution is 2.30. The lowest BCUT2D eigenvalue weighted by molar-refractivity contribution is -0.144. The van der Waals surface area contributed by atoms with Gasteiger partial charge in [-0.25, -0.2) is 13.2 Å². The number of nitrogens with one attached hydrogen (secondary N) is 2. The standard InChI is InChI=1S/C28H31ClN2O5S/c1-7-36-28(33)20(6)30-27(32)26-18(4)11-22(12-19(26)5)21-9-8-10-23(15-21)31-37(34,35)25-14-16(2)24(29)13-17(25)3/h8-15,20,31H,7H2,1-6H3,(H,30,32)/t20-/m0/s1. The van der Waals surface area contributed by atoms with Gasteiger partial charge in [0.1, 0.15) is 6.04 Å². The van der Waals surface area contributed by atoms with E-state index in [1.807, 2.05) is 32.0 Å². The minimum absolute atomic E-state index is 0.166. The summed E-state index contributed by atoms with van der Waals surface area (Å²) in [6.07, 6.45) is 0. The van der Waals surface area contributed by atoms with Gasteiger partial charge < -0.3 is 10.1 Å². The number of hydrogen-bond donors (Lipinski definition) is 2. The molecule has 3 aromatic carbocycles. The number of benzene rings is 3. The van der Waals surface area contributed by atoms with Crippen molar-refractivity contribution in [1.29, 1.82) is 0 Å². The van der Waals surface area contributed by atoms with Crippen molar-refractivity contribution in [3.63, 3.8) is 0 Å². The van der Waals surface area contributed by atoms with Crippen LogP contribution in [0, 0.1) is 27.7 Å².